The van der Waals surface area contributed by atoms with Crippen molar-refractivity contribution in [2.75, 3.05) is 4.72 Å². The first kappa shape index (κ1) is 18.1. The lowest BCUT2D eigenvalue weighted by molar-refractivity contribution is 0.601. The fourth-order valence-corrected chi connectivity index (χ4v) is 5.22. The van der Waals surface area contributed by atoms with Crippen LogP contribution < -0.4 is 4.72 Å². The molecule has 0 amide bonds. The van der Waals surface area contributed by atoms with Gasteiger partial charge in [-0.1, -0.05) is 28.1 Å². The van der Waals surface area contributed by atoms with E-state index in [2.05, 4.69) is 49.1 Å². The van der Waals surface area contributed by atoms with Crippen LogP contribution >= 0.6 is 27.5 Å². The number of fused-ring (bicyclic) bond motifs is 1. The Labute approximate surface area is 169 Å². The van der Waals surface area contributed by atoms with Crippen molar-refractivity contribution in [2.45, 2.75) is 11.8 Å². The molecular weight excluding hydrogens is 448 g/mol. The third-order valence-electron chi connectivity index (χ3n) is 4.33. The van der Waals surface area contributed by atoms with E-state index >= 15 is 0 Å². The van der Waals surface area contributed by atoms with Crippen molar-refractivity contribution in [1.29, 1.82) is 0 Å². The molecule has 0 fully saturated rings. The molecule has 4 rings (SSSR count). The zero-order chi connectivity index (χ0) is 19.2. The monoisotopic (exact) mass is 462 g/mol. The molecule has 1 N–H and O–H groups in total. The summed E-state index contributed by atoms with van der Waals surface area (Å²) in [5, 5.41) is 1.24. The van der Waals surface area contributed by atoms with Gasteiger partial charge in [0.2, 0.25) is 5.13 Å². The summed E-state index contributed by atoms with van der Waals surface area (Å²) in [5.41, 5.74) is 4.17. The third-order valence-corrected chi connectivity index (χ3v) is 6.87. The second-order valence-corrected chi connectivity index (χ2v) is 9.52. The molecule has 0 spiro atoms. The molecule has 27 heavy (non-hydrogen) atoms. The van der Waals surface area contributed by atoms with Gasteiger partial charge >= 0.3 is 0 Å². The molecule has 0 aliphatic rings. The molecule has 2 aromatic carbocycles. The zero-order valence-electron chi connectivity index (χ0n) is 14.5. The Morgan fingerprint density at radius 1 is 1.15 bits per heavy atom. The van der Waals surface area contributed by atoms with Gasteiger partial charge in [-0.25, -0.2) is 13.4 Å². The van der Waals surface area contributed by atoms with E-state index in [9.17, 15) is 8.42 Å². The lowest BCUT2D eigenvalue weighted by atomic mass is 10.0. The number of nitrogens with zero attached hydrogens (tertiary/aromatic N) is 3. The minimum Gasteiger partial charge on any atom is -0.350 e. The van der Waals surface area contributed by atoms with Gasteiger partial charge in [-0.2, -0.15) is 4.37 Å². The zero-order valence-corrected chi connectivity index (χ0v) is 17.7. The lowest BCUT2D eigenvalue weighted by Crippen LogP contribution is -2.12. The number of hydrogen-bond donors (Lipinski definition) is 1. The Morgan fingerprint density at radius 3 is 2.67 bits per heavy atom. The van der Waals surface area contributed by atoms with Crippen LogP contribution in [0.4, 0.5) is 5.13 Å². The first-order chi connectivity index (χ1) is 12.8. The molecule has 0 aliphatic carbocycles. The fraction of sp³-hybridized carbons (Fsp3) is 0.111. The number of benzene rings is 2. The van der Waals surface area contributed by atoms with E-state index in [0.29, 0.717) is 0 Å². The Kier molecular flexibility index (Phi) is 4.53. The lowest BCUT2D eigenvalue weighted by Gasteiger charge is -2.07. The van der Waals surface area contributed by atoms with E-state index in [4.69, 9.17) is 0 Å². The van der Waals surface area contributed by atoms with E-state index < -0.39 is 10.0 Å². The summed E-state index contributed by atoms with van der Waals surface area (Å²) in [4.78, 5) is 4.06. The van der Waals surface area contributed by atoms with Gasteiger partial charge in [0, 0.05) is 45.7 Å². The van der Waals surface area contributed by atoms with E-state index in [1.54, 1.807) is 12.1 Å². The maximum absolute atomic E-state index is 12.6. The fourth-order valence-electron chi connectivity index (χ4n) is 3.07. The average Bonchev–Trinajstić information content (AvgIpc) is 3.22. The molecule has 4 aromatic rings. The van der Waals surface area contributed by atoms with Crippen molar-refractivity contribution in [2.24, 2.45) is 7.05 Å². The Hall–Kier alpha value is -2.23. The molecule has 0 radical (unpaired) electrons. The van der Waals surface area contributed by atoms with Crippen LogP contribution in [0.25, 0.3) is 22.0 Å². The van der Waals surface area contributed by atoms with Gasteiger partial charge in [0.05, 0.1) is 4.90 Å². The van der Waals surface area contributed by atoms with Gasteiger partial charge in [-0.3, -0.25) is 4.72 Å². The largest absolute Gasteiger partial charge is 0.350 e. The van der Waals surface area contributed by atoms with Crippen LogP contribution in [0, 0.1) is 6.92 Å². The molecule has 138 valence electrons. The van der Waals surface area contributed by atoms with E-state index in [-0.39, 0.29) is 10.0 Å². The molecule has 0 saturated heterocycles. The average molecular weight is 463 g/mol. The summed E-state index contributed by atoms with van der Waals surface area (Å²) in [6.45, 7) is 2.06. The molecule has 0 bridgehead atoms. The highest BCUT2D eigenvalue weighted by Crippen LogP contribution is 2.34. The number of halogens is 1. The highest BCUT2D eigenvalue weighted by Gasteiger charge is 2.19. The minimum atomic E-state index is -3.72. The number of hydrogen-bond acceptors (Lipinski definition) is 5. The second-order valence-electron chi connectivity index (χ2n) is 6.14. The number of aryl methyl sites for hydroxylation is 2. The number of rotatable bonds is 4. The summed E-state index contributed by atoms with van der Waals surface area (Å²) in [6, 6.07) is 11.3. The normalized spacial score (nSPS) is 11.8. The van der Waals surface area contributed by atoms with Crippen molar-refractivity contribution < 1.29 is 8.42 Å². The van der Waals surface area contributed by atoms with Gasteiger partial charge in [-0.15, -0.1) is 0 Å². The summed E-state index contributed by atoms with van der Waals surface area (Å²) >= 11 is 4.49. The predicted molar refractivity (Wildman–Crippen MR) is 112 cm³/mol. The summed E-state index contributed by atoms with van der Waals surface area (Å²) in [5.74, 6) is 0. The van der Waals surface area contributed by atoms with Crippen LogP contribution in [0.2, 0.25) is 0 Å². The van der Waals surface area contributed by atoms with Crippen molar-refractivity contribution in [3.8, 4) is 11.1 Å². The number of nitrogens with one attached hydrogen (secondary N) is 1. The van der Waals surface area contributed by atoms with Gasteiger partial charge < -0.3 is 4.57 Å². The first-order valence-electron chi connectivity index (χ1n) is 8.00. The Morgan fingerprint density at radius 2 is 1.96 bits per heavy atom. The third kappa shape index (κ3) is 3.38. The van der Waals surface area contributed by atoms with E-state index in [0.717, 1.165) is 43.6 Å². The smallest absolute Gasteiger partial charge is 0.263 e. The second kappa shape index (κ2) is 6.74. The van der Waals surface area contributed by atoms with Gasteiger partial charge in [0.1, 0.15) is 6.33 Å². The quantitative estimate of drug-likeness (QED) is 0.481. The standard InChI is InChI=1S/C18H15BrN4O2S2/c1-11-7-12(19)3-5-14(11)16-9-23(2)17-8-13(4-6-15(16)17)27(24,25)22-18-20-10-21-26-18/h3-10H,1-2H3,(H,20,21,22). The van der Waals surface area contributed by atoms with E-state index in [1.165, 1.54) is 6.33 Å². The van der Waals surface area contributed by atoms with Crippen LogP contribution in [0.5, 0.6) is 0 Å². The van der Waals surface area contributed by atoms with Crippen LogP contribution in [0.1, 0.15) is 5.56 Å². The molecule has 9 heteroatoms. The Balaban J connectivity index is 1.81. The van der Waals surface area contributed by atoms with Gasteiger partial charge in [-0.05, 0) is 42.3 Å². The first-order valence-corrected chi connectivity index (χ1v) is 11.1. The number of aromatic nitrogens is 3. The molecule has 0 aliphatic heterocycles. The number of anilines is 1. The molecular formula is C18H15BrN4O2S2. The SMILES string of the molecule is Cc1cc(Br)ccc1-c1cn(C)c2cc(S(=O)(=O)Nc3ncns3)ccc12. The van der Waals surface area contributed by atoms with E-state index in [1.807, 2.05) is 29.9 Å². The minimum absolute atomic E-state index is 0.186. The highest BCUT2D eigenvalue weighted by atomic mass is 79.9. The molecule has 0 saturated carbocycles. The summed E-state index contributed by atoms with van der Waals surface area (Å²) < 4.78 is 34.5. The van der Waals surface area contributed by atoms with Crippen molar-refractivity contribution in [1.82, 2.24) is 13.9 Å². The summed E-state index contributed by atoms with van der Waals surface area (Å²) in [6.07, 6.45) is 3.34. The van der Waals surface area contributed by atoms with Crippen molar-refractivity contribution in [3.05, 3.63) is 59.0 Å². The topological polar surface area (TPSA) is 76.9 Å². The maximum Gasteiger partial charge on any atom is 0.263 e. The van der Waals surface area contributed by atoms with Crippen molar-refractivity contribution in [3.63, 3.8) is 0 Å². The highest BCUT2D eigenvalue weighted by molar-refractivity contribution is 9.10. The van der Waals surface area contributed by atoms with Crippen LogP contribution in [0.3, 0.4) is 0 Å². The van der Waals surface area contributed by atoms with Crippen LogP contribution in [-0.4, -0.2) is 22.3 Å². The molecule has 2 aromatic heterocycles. The molecule has 0 atom stereocenters. The molecule has 2 heterocycles. The van der Waals surface area contributed by atoms with Crippen molar-refractivity contribution >= 4 is 53.5 Å². The molecule has 6 nitrogen and oxygen atoms in total. The summed E-state index contributed by atoms with van der Waals surface area (Å²) in [7, 11) is -1.81. The Bertz CT molecular complexity index is 1250. The van der Waals surface area contributed by atoms with Gasteiger partial charge in [0.25, 0.3) is 10.0 Å². The maximum atomic E-state index is 12.6. The predicted octanol–water partition coefficient (Wildman–Crippen LogP) is 4.57. The van der Waals surface area contributed by atoms with Crippen LogP contribution in [0.15, 0.2) is 58.3 Å². The van der Waals surface area contributed by atoms with Gasteiger partial charge in [0.15, 0.2) is 0 Å². The molecule has 0 unspecified atom stereocenters. The number of sulfonamides is 1. The van der Waals surface area contributed by atoms with Crippen LogP contribution in [-0.2, 0) is 17.1 Å².